The van der Waals surface area contributed by atoms with E-state index in [0.29, 0.717) is 12.6 Å². The van der Waals surface area contributed by atoms with E-state index in [9.17, 15) is 0 Å². The zero-order valence-corrected chi connectivity index (χ0v) is 17.3. The van der Waals surface area contributed by atoms with E-state index in [-0.39, 0.29) is 0 Å². The summed E-state index contributed by atoms with van der Waals surface area (Å²) < 4.78 is 0. The van der Waals surface area contributed by atoms with Gasteiger partial charge in [0.25, 0.3) is 0 Å². The summed E-state index contributed by atoms with van der Waals surface area (Å²) >= 11 is 0. The largest absolute Gasteiger partial charge is 0.356 e. The highest BCUT2D eigenvalue weighted by Crippen LogP contribution is 2.30. The van der Waals surface area contributed by atoms with Crippen molar-refractivity contribution in [2.75, 3.05) is 57.8 Å². The van der Waals surface area contributed by atoms with Gasteiger partial charge in [-0.2, -0.15) is 0 Å². The Morgan fingerprint density at radius 2 is 1.75 bits per heavy atom. The van der Waals surface area contributed by atoms with E-state index in [2.05, 4.69) is 52.9 Å². The van der Waals surface area contributed by atoms with Crippen LogP contribution in [0.3, 0.4) is 0 Å². The molecule has 0 amide bonds. The second-order valence-corrected chi connectivity index (χ2v) is 8.42. The Kier molecular flexibility index (Phi) is 6.09. The molecule has 2 fully saturated rings. The molecule has 4 rings (SSSR count). The first-order valence-corrected chi connectivity index (χ1v) is 10.8. The molecular formula is C22H34N6. The lowest BCUT2D eigenvalue weighted by Crippen LogP contribution is -2.51. The molecule has 0 saturated carbocycles. The number of rotatable bonds is 5. The number of hydrogen-bond donors (Lipinski definition) is 1. The van der Waals surface area contributed by atoms with Crippen LogP contribution < -0.4 is 10.6 Å². The van der Waals surface area contributed by atoms with Gasteiger partial charge in [0.2, 0.25) is 0 Å². The van der Waals surface area contributed by atoms with Crippen molar-refractivity contribution in [3.8, 4) is 0 Å². The molecule has 0 radical (unpaired) electrons. The van der Waals surface area contributed by atoms with Gasteiger partial charge in [0.15, 0.2) is 0 Å². The molecule has 6 nitrogen and oxygen atoms in total. The van der Waals surface area contributed by atoms with Gasteiger partial charge in [-0.05, 0) is 51.4 Å². The number of piperidine rings is 1. The van der Waals surface area contributed by atoms with Crippen LogP contribution in [-0.2, 0) is 6.42 Å². The third-order valence-corrected chi connectivity index (χ3v) is 6.63. The molecule has 2 N–H and O–H groups in total. The number of piperazine rings is 1. The fourth-order valence-corrected chi connectivity index (χ4v) is 4.71. The van der Waals surface area contributed by atoms with Crippen molar-refractivity contribution in [1.29, 1.82) is 0 Å². The lowest BCUT2D eigenvalue weighted by molar-refractivity contribution is 0.0813. The Morgan fingerprint density at radius 3 is 2.46 bits per heavy atom. The van der Waals surface area contributed by atoms with E-state index in [1.165, 1.54) is 39.0 Å². The summed E-state index contributed by atoms with van der Waals surface area (Å²) in [4.78, 5) is 17.2. The number of likely N-dealkylation sites (N-methyl/N-ethyl adjacent to an activating group) is 1. The summed E-state index contributed by atoms with van der Waals surface area (Å²) in [5.74, 6) is 2.74. The summed E-state index contributed by atoms with van der Waals surface area (Å²) in [6.07, 6.45) is 3.20. The van der Waals surface area contributed by atoms with Gasteiger partial charge in [0.05, 0.1) is 5.52 Å². The summed E-state index contributed by atoms with van der Waals surface area (Å²) in [6, 6.07) is 9.04. The Labute approximate surface area is 168 Å². The summed E-state index contributed by atoms with van der Waals surface area (Å²) in [5.41, 5.74) is 6.79. The topological polar surface area (TPSA) is 61.5 Å². The average molecular weight is 383 g/mol. The minimum atomic E-state index is 0.586. The molecule has 2 aliphatic heterocycles. The molecule has 0 spiro atoms. The van der Waals surface area contributed by atoms with Crippen LogP contribution in [0, 0.1) is 5.92 Å². The second kappa shape index (κ2) is 8.72. The van der Waals surface area contributed by atoms with Crippen LogP contribution in [0.2, 0.25) is 0 Å². The molecule has 0 unspecified atom stereocenters. The van der Waals surface area contributed by atoms with Crippen molar-refractivity contribution in [2.45, 2.75) is 32.2 Å². The van der Waals surface area contributed by atoms with Crippen LogP contribution in [-0.4, -0.2) is 78.7 Å². The van der Waals surface area contributed by atoms with E-state index in [0.717, 1.165) is 48.0 Å². The molecule has 1 aromatic carbocycles. The van der Waals surface area contributed by atoms with E-state index in [1.807, 2.05) is 0 Å². The summed E-state index contributed by atoms with van der Waals surface area (Å²) in [6.45, 7) is 9.97. The Bertz CT molecular complexity index is 778. The van der Waals surface area contributed by atoms with Crippen LogP contribution in [0.4, 0.5) is 5.82 Å². The highest BCUT2D eigenvalue weighted by molar-refractivity contribution is 5.89. The normalized spacial score (nSPS) is 21.3. The van der Waals surface area contributed by atoms with Gasteiger partial charge in [0.1, 0.15) is 11.6 Å². The van der Waals surface area contributed by atoms with Gasteiger partial charge in [-0.15, -0.1) is 0 Å². The molecule has 28 heavy (non-hydrogen) atoms. The predicted molar refractivity (Wildman–Crippen MR) is 116 cm³/mol. The van der Waals surface area contributed by atoms with E-state index in [4.69, 9.17) is 15.7 Å². The molecule has 3 heterocycles. The first kappa shape index (κ1) is 19.6. The Hall–Kier alpha value is -1.76. The van der Waals surface area contributed by atoms with Gasteiger partial charge < -0.3 is 15.5 Å². The third-order valence-electron chi connectivity index (χ3n) is 6.63. The summed E-state index contributed by atoms with van der Waals surface area (Å²) in [7, 11) is 2.23. The van der Waals surface area contributed by atoms with Gasteiger partial charge in [0, 0.05) is 57.1 Å². The van der Waals surface area contributed by atoms with E-state index in [1.54, 1.807) is 0 Å². The number of anilines is 1. The third kappa shape index (κ3) is 4.14. The van der Waals surface area contributed by atoms with Crippen molar-refractivity contribution in [1.82, 2.24) is 19.8 Å². The number of para-hydroxylation sites is 1. The second-order valence-electron chi connectivity index (χ2n) is 8.42. The van der Waals surface area contributed by atoms with Crippen LogP contribution in [0.5, 0.6) is 0 Å². The lowest BCUT2D eigenvalue weighted by Gasteiger charge is -2.43. The minimum absolute atomic E-state index is 0.586. The van der Waals surface area contributed by atoms with Crippen molar-refractivity contribution in [3.63, 3.8) is 0 Å². The molecule has 6 heteroatoms. The van der Waals surface area contributed by atoms with Gasteiger partial charge in [-0.3, -0.25) is 4.90 Å². The smallest absolute Gasteiger partial charge is 0.140 e. The highest BCUT2D eigenvalue weighted by Gasteiger charge is 2.30. The van der Waals surface area contributed by atoms with Crippen molar-refractivity contribution in [2.24, 2.45) is 11.7 Å². The van der Waals surface area contributed by atoms with Crippen molar-refractivity contribution >= 4 is 16.7 Å². The van der Waals surface area contributed by atoms with Crippen LogP contribution in [0.15, 0.2) is 24.3 Å². The summed E-state index contributed by atoms with van der Waals surface area (Å²) in [5, 5.41) is 1.16. The maximum absolute atomic E-state index is 5.76. The van der Waals surface area contributed by atoms with Crippen molar-refractivity contribution < 1.29 is 0 Å². The SMILES string of the molecule is C[C@H](C1CCN(c2nc(CCN)nc3ccccc23)CC1)N1CCN(C)CC1. The Morgan fingerprint density at radius 1 is 1.04 bits per heavy atom. The fourth-order valence-electron chi connectivity index (χ4n) is 4.71. The van der Waals surface area contributed by atoms with Crippen LogP contribution >= 0.6 is 0 Å². The maximum atomic E-state index is 5.76. The molecular weight excluding hydrogens is 348 g/mol. The molecule has 2 saturated heterocycles. The number of aromatic nitrogens is 2. The molecule has 2 aromatic rings. The number of benzene rings is 1. The molecule has 1 atom stereocenters. The highest BCUT2D eigenvalue weighted by atomic mass is 15.3. The van der Waals surface area contributed by atoms with Gasteiger partial charge >= 0.3 is 0 Å². The lowest BCUT2D eigenvalue weighted by atomic mass is 9.89. The molecule has 2 aliphatic rings. The first-order valence-electron chi connectivity index (χ1n) is 10.8. The zero-order chi connectivity index (χ0) is 19.5. The first-order chi connectivity index (χ1) is 13.7. The monoisotopic (exact) mass is 382 g/mol. The standard InChI is InChI=1S/C22H34N6/c1-17(27-15-13-26(2)14-16-27)18-8-11-28(12-9-18)22-19-5-3-4-6-20(19)24-21(25-22)7-10-23/h3-6,17-18H,7-16,23H2,1-2H3/t17-/m1/s1. The van der Waals surface area contributed by atoms with Crippen molar-refractivity contribution in [3.05, 3.63) is 30.1 Å². The number of nitrogens with zero attached hydrogens (tertiary/aromatic N) is 5. The van der Waals surface area contributed by atoms with Crippen LogP contribution in [0.1, 0.15) is 25.6 Å². The fraction of sp³-hybridized carbons (Fsp3) is 0.636. The van der Waals surface area contributed by atoms with E-state index < -0.39 is 0 Å². The quantitative estimate of drug-likeness (QED) is 0.853. The predicted octanol–water partition coefficient (Wildman–Crippen LogP) is 1.98. The zero-order valence-electron chi connectivity index (χ0n) is 17.3. The molecule has 0 aliphatic carbocycles. The minimum Gasteiger partial charge on any atom is -0.356 e. The molecule has 1 aromatic heterocycles. The van der Waals surface area contributed by atoms with Crippen LogP contribution in [0.25, 0.3) is 10.9 Å². The van der Waals surface area contributed by atoms with Gasteiger partial charge in [-0.25, -0.2) is 9.97 Å². The Balaban J connectivity index is 1.46. The average Bonchev–Trinajstić information content (AvgIpc) is 2.74. The van der Waals surface area contributed by atoms with Gasteiger partial charge in [-0.1, -0.05) is 12.1 Å². The maximum Gasteiger partial charge on any atom is 0.140 e. The van der Waals surface area contributed by atoms with E-state index >= 15 is 0 Å². The number of hydrogen-bond acceptors (Lipinski definition) is 6. The molecule has 152 valence electrons. The number of nitrogens with two attached hydrogens (primary N) is 1. The number of fused-ring (bicyclic) bond motifs is 1. The molecule has 0 bridgehead atoms.